The number of halogens is 1. The third-order valence-corrected chi connectivity index (χ3v) is 4.55. The molecule has 134 valence electrons. The molecule has 0 bridgehead atoms. The lowest BCUT2D eigenvalue weighted by atomic mass is 9.93. The molecule has 2 heterocycles. The van der Waals surface area contributed by atoms with Crippen molar-refractivity contribution in [2.75, 3.05) is 17.7 Å². The molecule has 1 aliphatic rings. The molecule has 0 saturated heterocycles. The molecule has 0 amide bonds. The van der Waals surface area contributed by atoms with Gasteiger partial charge in [0, 0.05) is 0 Å². The Kier molecular flexibility index (Phi) is 4.20. The number of hydrogen-bond acceptors (Lipinski definition) is 5. The number of rotatable bonds is 4. The van der Waals surface area contributed by atoms with Gasteiger partial charge in [-0.3, -0.25) is 0 Å². The Hall–Kier alpha value is -3.09. The van der Waals surface area contributed by atoms with E-state index in [-0.39, 0.29) is 23.8 Å². The number of aromatic nitrogens is 3. The first kappa shape index (κ1) is 16.4. The minimum absolute atomic E-state index is 0.0387. The molecule has 2 unspecified atom stereocenters. The van der Waals surface area contributed by atoms with Crippen LogP contribution in [0.1, 0.15) is 36.6 Å². The maximum absolute atomic E-state index is 13.3. The number of anilines is 2. The highest BCUT2D eigenvalue weighted by Gasteiger charge is 2.30. The smallest absolute Gasteiger partial charge is 0.241 e. The molecule has 3 aromatic rings. The Balaban J connectivity index is 1.67. The van der Waals surface area contributed by atoms with Crippen LogP contribution >= 0.6 is 0 Å². The first-order chi connectivity index (χ1) is 12.6. The summed E-state index contributed by atoms with van der Waals surface area (Å²) in [6.07, 6.45) is 0.745. The van der Waals surface area contributed by atoms with Crippen LogP contribution in [0, 0.1) is 5.82 Å². The van der Waals surface area contributed by atoms with E-state index in [0.717, 1.165) is 23.3 Å². The zero-order valence-electron chi connectivity index (χ0n) is 14.4. The molecule has 0 aliphatic carbocycles. The van der Waals surface area contributed by atoms with E-state index in [1.54, 1.807) is 16.8 Å². The summed E-state index contributed by atoms with van der Waals surface area (Å²) in [7, 11) is 0. The van der Waals surface area contributed by atoms with Gasteiger partial charge in [0.2, 0.25) is 11.9 Å². The minimum Gasteiger partial charge on any atom is -0.494 e. The molecule has 2 aromatic carbocycles. The van der Waals surface area contributed by atoms with Crippen molar-refractivity contribution in [2.45, 2.75) is 25.4 Å². The Bertz CT molecular complexity index is 891. The summed E-state index contributed by atoms with van der Waals surface area (Å²) >= 11 is 0. The summed E-state index contributed by atoms with van der Waals surface area (Å²) < 4.78 is 20.6. The zero-order chi connectivity index (χ0) is 18.1. The van der Waals surface area contributed by atoms with Crippen molar-refractivity contribution < 1.29 is 9.13 Å². The highest BCUT2D eigenvalue weighted by atomic mass is 19.1. The van der Waals surface area contributed by atoms with Crippen LogP contribution in [0.25, 0.3) is 0 Å². The molecular formula is C19H20FN5O. The van der Waals surface area contributed by atoms with Crippen molar-refractivity contribution in [1.29, 1.82) is 0 Å². The van der Waals surface area contributed by atoms with E-state index in [9.17, 15) is 4.39 Å². The molecule has 6 nitrogen and oxygen atoms in total. The maximum Gasteiger partial charge on any atom is 0.241 e. The van der Waals surface area contributed by atoms with Gasteiger partial charge in [0.1, 0.15) is 11.6 Å². The Morgan fingerprint density at radius 3 is 2.54 bits per heavy atom. The van der Waals surface area contributed by atoms with Crippen LogP contribution in [0.2, 0.25) is 0 Å². The molecule has 3 N–H and O–H groups in total. The Morgan fingerprint density at radius 1 is 1.15 bits per heavy atom. The predicted octanol–water partition coefficient (Wildman–Crippen LogP) is 3.54. The van der Waals surface area contributed by atoms with Gasteiger partial charge >= 0.3 is 0 Å². The normalized spacial score (nSPS) is 18.8. The van der Waals surface area contributed by atoms with E-state index in [1.165, 1.54) is 12.1 Å². The monoisotopic (exact) mass is 353 g/mol. The summed E-state index contributed by atoms with van der Waals surface area (Å²) in [5.41, 5.74) is 7.89. The fourth-order valence-electron chi connectivity index (χ4n) is 3.34. The van der Waals surface area contributed by atoms with E-state index >= 15 is 0 Å². The van der Waals surface area contributed by atoms with Gasteiger partial charge in [0.15, 0.2) is 0 Å². The van der Waals surface area contributed by atoms with Gasteiger partial charge in [0.25, 0.3) is 0 Å². The SMILES string of the molecule is CCOc1ccc(C2CC(c3ccc(F)cc3)n3nc(N)nc3N2)cc1. The van der Waals surface area contributed by atoms with Gasteiger partial charge in [-0.05, 0) is 48.7 Å². The number of nitrogens with two attached hydrogens (primary N) is 1. The molecule has 7 heteroatoms. The van der Waals surface area contributed by atoms with E-state index < -0.39 is 0 Å². The second kappa shape index (κ2) is 6.67. The van der Waals surface area contributed by atoms with Gasteiger partial charge in [-0.2, -0.15) is 4.98 Å². The molecule has 0 spiro atoms. The lowest BCUT2D eigenvalue weighted by Gasteiger charge is -2.31. The van der Waals surface area contributed by atoms with E-state index in [0.29, 0.717) is 12.6 Å². The van der Waals surface area contributed by atoms with Crippen LogP contribution in [-0.4, -0.2) is 21.4 Å². The lowest BCUT2D eigenvalue weighted by molar-refractivity contribution is 0.340. The van der Waals surface area contributed by atoms with Gasteiger partial charge in [-0.1, -0.05) is 24.3 Å². The van der Waals surface area contributed by atoms with Crippen LogP contribution in [0.4, 0.5) is 16.3 Å². The quantitative estimate of drug-likeness (QED) is 0.750. The first-order valence-corrected chi connectivity index (χ1v) is 8.61. The fourth-order valence-corrected chi connectivity index (χ4v) is 3.34. The summed E-state index contributed by atoms with van der Waals surface area (Å²) in [5, 5.41) is 7.70. The Morgan fingerprint density at radius 2 is 1.85 bits per heavy atom. The second-order valence-electron chi connectivity index (χ2n) is 6.24. The second-order valence-corrected chi connectivity index (χ2v) is 6.24. The molecule has 0 fully saturated rings. The van der Waals surface area contributed by atoms with Crippen LogP contribution in [0.5, 0.6) is 5.75 Å². The molecule has 1 aromatic heterocycles. The van der Waals surface area contributed by atoms with Crippen LogP contribution in [0.15, 0.2) is 48.5 Å². The number of ether oxygens (including phenoxy) is 1. The standard InChI is InChI=1S/C19H20FN5O/c1-2-26-15-9-5-12(6-10-15)16-11-17(13-3-7-14(20)8-4-13)25-19(22-16)23-18(21)24-25/h3-10,16-17H,2,11H2,1H3,(H3,21,22,23,24). The number of benzene rings is 2. The number of hydrogen-bond donors (Lipinski definition) is 2. The zero-order valence-corrected chi connectivity index (χ0v) is 14.4. The molecular weight excluding hydrogens is 333 g/mol. The molecule has 2 atom stereocenters. The summed E-state index contributed by atoms with van der Waals surface area (Å²) in [4.78, 5) is 4.29. The topological polar surface area (TPSA) is 78.0 Å². The van der Waals surface area contributed by atoms with Gasteiger partial charge in [-0.25, -0.2) is 9.07 Å². The van der Waals surface area contributed by atoms with Crippen molar-refractivity contribution in [3.63, 3.8) is 0 Å². The average Bonchev–Trinajstić information content (AvgIpc) is 3.03. The maximum atomic E-state index is 13.3. The van der Waals surface area contributed by atoms with Crippen LogP contribution < -0.4 is 15.8 Å². The molecule has 0 radical (unpaired) electrons. The Labute approximate surface area is 150 Å². The van der Waals surface area contributed by atoms with Crippen LogP contribution in [-0.2, 0) is 0 Å². The number of nitrogens with one attached hydrogen (secondary N) is 1. The van der Waals surface area contributed by atoms with Crippen LogP contribution in [0.3, 0.4) is 0 Å². The fraction of sp³-hybridized carbons (Fsp3) is 0.263. The largest absolute Gasteiger partial charge is 0.494 e. The third-order valence-electron chi connectivity index (χ3n) is 4.55. The van der Waals surface area contributed by atoms with E-state index in [4.69, 9.17) is 10.5 Å². The van der Waals surface area contributed by atoms with Crippen molar-refractivity contribution >= 4 is 11.9 Å². The summed E-state index contributed by atoms with van der Waals surface area (Å²) in [6.45, 7) is 2.59. The number of fused-ring (bicyclic) bond motifs is 1. The van der Waals surface area contributed by atoms with Gasteiger partial charge < -0.3 is 15.8 Å². The summed E-state index contributed by atoms with van der Waals surface area (Å²) in [5.74, 6) is 1.41. The van der Waals surface area contributed by atoms with E-state index in [1.807, 2.05) is 31.2 Å². The molecule has 4 rings (SSSR count). The van der Waals surface area contributed by atoms with Crippen molar-refractivity contribution in [3.05, 3.63) is 65.5 Å². The summed E-state index contributed by atoms with van der Waals surface area (Å²) in [6, 6.07) is 14.4. The van der Waals surface area contributed by atoms with Crippen molar-refractivity contribution in [1.82, 2.24) is 14.8 Å². The average molecular weight is 353 g/mol. The molecule has 0 saturated carbocycles. The van der Waals surface area contributed by atoms with Gasteiger partial charge in [0.05, 0.1) is 18.7 Å². The third kappa shape index (κ3) is 3.08. The highest BCUT2D eigenvalue weighted by molar-refractivity contribution is 5.42. The highest BCUT2D eigenvalue weighted by Crippen LogP contribution is 2.38. The van der Waals surface area contributed by atoms with Gasteiger partial charge in [-0.15, -0.1) is 5.10 Å². The van der Waals surface area contributed by atoms with Crippen molar-refractivity contribution in [3.8, 4) is 5.75 Å². The lowest BCUT2D eigenvalue weighted by Crippen LogP contribution is -2.28. The first-order valence-electron chi connectivity index (χ1n) is 8.61. The number of nitrogens with zero attached hydrogens (tertiary/aromatic N) is 3. The minimum atomic E-state index is -0.260. The molecule has 1 aliphatic heterocycles. The van der Waals surface area contributed by atoms with Crippen molar-refractivity contribution in [2.24, 2.45) is 0 Å². The predicted molar refractivity (Wildman–Crippen MR) is 97.6 cm³/mol. The molecule has 26 heavy (non-hydrogen) atoms. The van der Waals surface area contributed by atoms with E-state index in [2.05, 4.69) is 15.4 Å². The number of nitrogen functional groups attached to an aromatic ring is 1.